The number of ether oxygens (including phenoxy) is 4. The molecule has 3 N–H and O–H groups in total. The van der Waals surface area contributed by atoms with Gasteiger partial charge < -0.3 is 33.8 Å². The predicted molar refractivity (Wildman–Crippen MR) is 391 cm³/mol. The third kappa shape index (κ3) is 70.5. The van der Waals surface area contributed by atoms with Crippen LogP contribution in [0.4, 0.5) is 0 Å². The van der Waals surface area contributed by atoms with Crippen molar-refractivity contribution in [2.45, 2.75) is 419 Å². The number of phosphoric ester groups is 2. The third-order valence-electron chi connectivity index (χ3n) is 18.0. The van der Waals surface area contributed by atoms with Crippen molar-refractivity contribution in [2.75, 3.05) is 39.6 Å². The van der Waals surface area contributed by atoms with Crippen LogP contribution in [0.3, 0.4) is 0 Å². The molecule has 19 heteroatoms. The number of rotatable bonds is 76. The maximum absolute atomic E-state index is 13.1. The Bertz CT molecular complexity index is 1860. The number of esters is 4. The van der Waals surface area contributed by atoms with Crippen LogP contribution in [0.15, 0.2) is 0 Å². The van der Waals surface area contributed by atoms with E-state index in [9.17, 15) is 43.2 Å². The maximum atomic E-state index is 13.1. The van der Waals surface area contributed by atoms with Crippen molar-refractivity contribution in [1.29, 1.82) is 0 Å². The highest BCUT2D eigenvalue weighted by atomic mass is 31.2. The van der Waals surface area contributed by atoms with Crippen molar-refractivity contribution in [3.63, 3.8) is 0 Å². The van der Waals surface area contributed by atoms with Gasteiger partial charge in [0.15, 0.2) is 12.2 Å². The molecule has 0 aliphatic carbocycles. The average molecular weight is 1410 g/mol. The summed E-state index contributed by atoms with van der Waals surface area (Å²) in [5, 5.41) is 10.6. The van der Waals surface area contributed by atoms with Crippen LogP contribution in [0.2, 0.25) is 0 Å². The van der Waals surface area contributed by atoms with Gasteiger partial charge in [0, 0.05) is 25.7 Å². The molecule has 0 aromatic heterocycles. The Balaban J connectivity index is 5.18. The van der Waals surface area contributed by atoms with Gasteiger partial charge in [-0.15, -0.1) is 0 Å². The van der Waals surface area contributed by atoms with Crippen LogP contribution >= 0.6 is 15.6 Å². The number of carbonyl (C=O) groups is 4. The quantitative estimate of drug-likeness (QED) is 0.0222. The van der Waals surface area contributed by atoms with E-state index in [-0.39, 0.29) is 25.7 Å². The Hall–Kier alpha value is -1.94. The summed E-state index contributed by atoms with van der Waals surface area (Å²) in [5.41, 5.74) is 0. The largest absolute Gasteiger partial charge is 0.472 e. The first-order chi connectivity index (χ1) is 46.4. The third-order valence-corrected chi connectivity index (χ3v) is 19.9. The first-order valence-electron chi connectivity index (χ1n) is 40.0. The minimum atomic E-state index is -4.96. The molecule has 2 unspecified atom stereocenters. The fourth-order valence-corrected chi connectivity index (χ4v) is 13.4. The van der Waals surface area contributed by atoms with Crippen LogP contribution < -0.4 is 0 Å². The Morgan fingerprint density at radius 2 is 0.479 bits per heavy atom. The lowest BCUT2D eigenvalue weighted by Crippen LogP contribution is -2.30. The average Bonchev–Trinajstić information content (AvgIpc) is 1.45. The zero-order chi connectivity index (χ0) is 70.7. The van der Waals surface area contributed by atoms with Gasteiger partial charge in [0.05, 0.1) is 26.4 Å². The minimum Gasteiger partial charge on any atom is -0.462 e. The molecule has 0 aliphatic rings. The van der Waals surface area contributed by atoms with Crippen molar-refractivity contribution in [2.24, 2.45) is 11.8 Å². The molecular weight excluding hydrogens is 1260 g/mol. The second-order valence-corrected chi connectivity index (χ2v) is 31.6. The number of aliphatic hydroxyl groups excluding tert-OH is 1. The van der Waals surface area contributed by atoms with Crippen molar-refractivity contribution in [1.82, 2.24) is 0 Å². The molecule has 0 radical (unpaired) electrons. The van der Waals surface area contributed by atoms with E-state index in [4.69, 9.17) is 37.0 Å². The minimum absolute atomic E-state index is 0.101. The molecule has 5 atom stereocenters. The van der Waals surface area contributed by atoms with E-state index in [1.807, 2.05) is 0 Å². The van der Waals surface area contributed by atoms with Gasteiger partial charge in [-0.05, 0) is 37.5 Å². The van der Waals surface area contributed by atoms with Crippen LogP contribution in [0.5, 0.6) is 0 Å². The topological polar surface area (TPSA) is 237 Å². The van der Waals surface area contributed by atoms with Crippen molar-refractivity contribution < 1.29 is 80.2 Å². The molecule has 0 aromatic rings. The molecule has 96 heavy (non-hydrogen) atoms. The first kappa shape index (κ1) is 94.1. The summed E-state index contributed by atoms with van der Waals surface area (Å²) in [6.45, 7) is 9.42. The van der Waals surface area contributed by atoms with Gasteiger partial charge in [-0.1, -0.05) is 350 Å². The SMILES string of the molecule is CCCCCCCCCCCCCCCCCCCCCC(=O)OC[C@H](COP(=O)(O)OC[C@@H](O)COP(=O)(O)OC[C@@H](COC(=O)CCCCCCCCC(C)C)OC(=O)CCCCCCCCC(C)C)OC(=O)CCCCCCCCCCCCCCCCCCCCC. The van der Waals surface area contributed by atoms with E-state index < -0.39 is 97.5 Å². The standard InChI is InChI=1S/C77H150O17P2/c1-7-9-11-13-15-17-19-21-23-25-27-29-31-33-35-37-39-47-53-59-74(79)87-65-72(93-76(81)61-55-49-40-38-36-34-32-30-28-26-24-22-20-18-16-14-12-10-8-2)67-91-95(83,84)89-63-71(78)64-90-96(85,86)92-68-73(94-77(82)62-56-50-44-42-46-52-58-70(5)6)66-88-75(80)60-54-48-43-41-45-51-57-69(3)4/h69-73,78H,7-68H2,1-6H3,(H,83,84)(H,85,86)/t71-,72-,73-/m1/s1. The van der Waals surface area contributed by atoms with Gasteiger partial charge in [-0.3, -0.25) is 37.3 Å². The fourth-order valence-electron chi connectivity index (χ4n) is 11.8. The highest BCUT2D eigenvalue weighted by Crippen LogP contribution is 2.45. The summed E-state index contributed by atoms with van der Waals surface area (Å²) in [5.74, 6) is -0.774. The molecule has 0 fully saturated rings. The normalized spacial score (nSPS) is 14.0. The molecule has 0 saturated carbocycles. The van der Waals surface area contributed by atoms with Crippen LogP contribution in [-0.2, 0) is 65.4 Å². The Morgan fingerprint density at radius 1 is 0.281 bits per heavy atom. The second-order valence-electron chi connectivity index (χ2n) is 28.7. The molecule has 0 amide bonds. The summed E-state index contributed by atoms with van der Waals surface area (Å²) in [4.78, 5) is 72.7. The van der Waals surface area contributed by atoms with Crippen LogP contribution in [0.25, 0.3) is 0 Å². The first-order valence-corrected chi connectivity index (χ1v) is 43.0. The number of hydrogen-bond acceptors (Lipinski definition) is 15. The molecular formula is C77H150O17P2. The molecule has 0 rings (SSSR count). The van der Waals surface area contributed by atoms with Gasteiger partial charge in [0.2, 0.25) is 0 Å². The number of unbranched alkanes of at least 4 members (excludes halogenated alkanes) is 46. The number of carbonyl (C=O) groups excluding carboxylic acids is 4. The molecule has 17 nitrogen and oxygen atoms in total. The van der Waals surface area contributed by atoms with Gasteiger partial charge in [0.1, 0.15) is 19.3 Å². The van der Waals surface area contributed by atoms with E-state index in [2.05, 4.69) is 41.5 Å². The summed E-state index contributed by atoms with van der Waals surface area (Å²) < 4.78 is 68.4. The van der Waals surface area contributed by atoms with E-state index >= 15 is 0 Å². The Kier molecular flexibility index (Phi) is 67.4. The lowest BCUT2D eigenvalue weighted by Gasteiger charge is -2.21. The molecule has 0 saturated heterocycles. The Labute approximate surface area is 588 Å². The van der Waals surface area contributed by atoms with Gasteiger partial charge in [-0.2, -0.15) is 0 Å². The fraction of sp³-hybridized carbons (Fsp3) is 0.948. The smallest absolute Gasteiger partial charge is 0.462 e. The van der Waals surface area contributed by atoms with Crippen LogP contribution in [0, 0.1) is 11.8 Å². The van der Waals surface area contributed by atoms with E-state index in [1.165, 1.54) is 212 Å². The molecule has 0 heterocycles. The van der Waals surface area contributed by atoms with E-state index in [1.54, 1.807) is 0 Å². The monoisotopic (exact) mass is 1410 g/mol. The number of hydrogen-bond donors (Lipinski definition) is 3. The van der Waals surface area contributed by atoms with Crippen LogP contribution in [0.1, 0.15) is 401 Å². The lowest BCUT2D eigenvalue weighted by molar-refractivity contribution is -0.161. The molecule has 0 spiro atoms. The zero-order valence-corrected chi connectivity index (χ0v) is 64.5. The molecule has 0 bridgehead atoms. The lowest BCUT2D eigenvalue weighted by atomic mass is 10.0. The van der Waals surface area contributed by atoms with Gasteiger partial charge in [0.25, 0.3) is 0 Å². The molecule has 0 aliphatic heterocycles. The van der Waals surface area contributed by atoms with E-state index in [0.29, 0.717) is 37.5 Å². The van der Waals surface area contributed by atoms with Gasteiger partial charge >= 0.3 is 39.5 Å². The van der Waals surface area contributed by atoms with Crippen molar-refractivity contribution in [3.05, 3.63) is 0 Å². The summed E-state index contributed by atoms with van der Waals surface area (Å²) >= 11 is 0. The van der Waals surface area contributed by atoms with Crippen molar-refractivity contribution in [3.8, 4) is 0 Å². The highest BCUT2D eigenvalue weighted by molar-refractivity contribution is 7.47. The maximum Gasteiger partial charge on any atom is 0.472 e. The van der Waals surface area contributed by atoms with Crippen molar-refractivity contribution >= 4 is 39.5 Å². The predicted octanol–water partition coefficient (Wildman–Crippen LogP) is 22.7. The number of phosphoric acid groups is 2. The van der Waals surface area contributed by atoms with Gasteiger partial charge in [-0.25, -0.2) is 9.13 Å². The Morgan fingerprint density at radius 3 is 0.708 bits per heavy atom. The summed E-state index contributed by atoms with van der Waals surface area (Å²) in [6, 6.07) is 0. The summed E-state index contributed by atoms with van der Waals surface area (Å²) in [7, 11) is -9.91. The molecule has 570 valence electrons. The molecule has 0 aromatic carbocycles. The second kappa shape index (κ2) is 68.8. The highest BCUT2D eigenvalue weighted by Gasteiger charge is 2.30. The van der Waals surface area contributed by atoms with E-state index in [0.717, 1.165) is 96.3 Å². The summed E-state index contributed by atoms with van der Waals surface area (Å²) in [6.07, 6.45) is 57.5. The number of aliphatic hydroxyl groups is 1. The van der Waals surface area contributed by atoms with Crippen LogP contribution in [-0.4, -0.2) is 96.7 Å². The zero-order valence-electron chi connectivity index (χ0n) is 62.7.